The maximum atomic E-state index is 13.2. The van der Waals surface area contributed by atoms with Crippen LogP contribution in [-0.2, 0) is 19.1 Å². The highest BCUT2D eigenvalue weighted by molar-refractivity contribution is 9.10. The van der Waals surface area contributed by atoms with Crippen LogP contribution in [0.25, 0.3) is 5.57 Å². The van der Waals surface area contributed by atoms with Crippen molar-refractivity contribution in [1.29, 1.82) is 0 Å². The monoisotopic (exact) mass is 448 g/mol. The second kappa shape index (κ2) is 7.70. The van der Waals surface area contributed by atoms with Gasteiger partial charge in [-0.05, 0) is 55.5 Å². The lowest BCUT2D eigenvalue weighted by Gasteiger charge is -2.45. The van der Waals surface area contributed by atoms with E-state index >= 15 is 0 Å². The van der Waals surface area contributed by atoms with Crippen molar-refractivity contribution in [2.24, 2.45) is 0 Å². The van der Waals surface area contributed by atoms with E-state index in [0.29, 0.717) is 43.7 Å². The summed E-state index contributed by atoms with van der Waals surface area (Å²) in [5.41, 5.74) is 2.60. The van der Waals surface area contributed by atoms with E-state index in [1.165, 1.54) is 6.92 Å². The molecule has 0 atom stereocenters. The summed E-state index contributed by atoms with van der Waals surface area (Å²) in [5, 5.41) is 3.17. The number of nitrogens with zero attached hydrogens (tertiary/aromatic N) is 1. The zero-order valence-corrected chi connectivity index (χ0v) is 18.2. The van der Waals surface area contributed by atoms with E-state index in [0.717, 1.165) is 21.2 Å². The first-order valence-corrected chi connectivity index (χ1v) is 10.2. The number of halogens is 1. The minimum absolute atomic E-state index is 0.0366. The van der Waals surface area contributed by atoms with Gasteiger partial charge in [-0.3, -0.25) is 14.4 Å². The van der Waals surface area contributed by atoms with Crippen molar-refractivity contribution in [1.82, 2.24) is 10.2 Å². The first-order valence-electron chi connectivity index (χ1n) is 9.38. The topological polar surface area (TPSA) is 75.7 Å². The van der Waals surface area contributed by atoms with Crippen LogP contribution < -0.4 is 5.32 Å². The summed E-state index contributed by atoms with van der Waals surface area (Å²) < 4.78 is 6.49. The number of hydrogen-bond donors (Lipinski definition) is 1. The van der Waals surface area contributed by atoms with Crippen molar-refractivity contribution in [3.8, 4) is 0 Å². The Bertz CT molecular complexity index is 859. The molecule has 28 heavy (non-hydrogen) atoms. The van der Waals surface area contributed by atoms with Gasteiger partial charge in [0.25, 0.3) is 5.91 Å². The van der Waals surface area contributed by atoms with Gasteiger partial charge in [0.05, 0.1) is 11.1 Å². The number of rotatable bonds is 2. The molecule has 1 spiro atoms. The van der Waals surface area contributed by atoms with Gasteiger partial charge in [-0.1, -0.05) is 15.9 Å². The van der Waals surface area contributed by atoms with Gasteiger partial charge < -0.3 is 15.0 Å². The van der Waals surface area contributed by atoms with Gasteiger partial charge in [0.15, 0.2) is 0 Å². The molecule has 2 aliphatic heterocycles. The van der Waals surface area contributed by atoms with E-state index < -0.39 is 11.5 Å². The zero-order chi connectivity index (χ0) is 20.6. The molecule has 6 nitrogen and oxygen atoms in total. The lowest BCUT2D eigenvalue weighted by molar-refractivity contribution is -0.137. The summed E-state index contributed by atoms with van der Waals surface area (Å²) in [6.45, 7) is 7.94. The molecule has 0 aliphatic carbocycles. The van der Waals surface area contributed by atoms with E-state index in [2.05, 4.69) is 21.2 Å². The number of piperidine rings is 1. The van der Waals surface area contributed by atoms with Gasteiger partial charge in [-0.2, -0.15) is 0 Å². The highest BCUT2D eigenvalue weighted by atomic mass is 79.9. The Morgan fingerprint density at radius 1 is 1.14 bits per heavy atom. The molecule has 1 aromatic rings. The molecule has 2 heterocycles. The Hall–Kier alpha value is -2.15. The number of benzene rings is 1. The third kappa shape index (κ3) is 3.99. The number of nitrogens with one attached hydrogen (secondary N) is 1. The molecule has 1 aromatic carbocycles. The maximum Gasteiger partial charge on any atom is 0.307 e. The summed E-state index contributed by atoms with van der Waals surface area (Å²) in [5.74, 6) is -0.214. The summed E-state index contributed by atoms with van der Waals surface area (Å²) in [7, 11) is 0. The van der Waals surface area contributed by atoms with Crippen molar-refractivity contribution < 1.29 is 19.1 Å². The fourth-order valence-electron chi connectivity index (χ4n) is 4.24. The van der Waals surface area contributed by atoms with Crippen molar-refractivity contribution in [3.63, 3.8) is 0 Å². The molecular formula is C21H25BrN2O4. The molecule has 1 N–H and O–H groups in total. The average Bonchev–Trinajstić information content (AvgIpc) is 2.56. The van der Waals surface area contributed by atoms with Crippen LogP contribution in [0.5, 0.6) is 0 Å². The van der Waals surface area contributed by atoms with Crippen LogP contribution in [-0.4, -0.2) is 41.3 Å². The standard InChI is InChI=1S/C21H25BrN2O4/c1-12-9-16(22)10-13(2)18(12)19-17(28-15(4)26)11-21(23-20(19)27)5-7-24(8-6-21)14(3)25/h9-10H,5-8,11H2,1-4H3,(H,23,27). The van der Waals surface area contributed by atoms with Gasteiger partial charge in [0.2, 0.25) is 5.91 Å². The summed E-state index contributed by atoms with van der Waals surface area (Å²) in [6, 6.07) is 3.90. The van der Waals surface area contributed by atoms with Crippen molar-refractivity contribution in [3.05, 3.63) is 39.1 Å². The van der Waals surface area contributed by atoms with Crippen molar-refractivity contribution in [2.45, 2.75) is 52.5 Å². The predicted molar refractivity (Wildman–Crippen MR) is 109 cm³/mol. The van der Waals surface area contributed by atoms with Gasteiger partial charge >= 0.3 is 5.97 Å². The average molecular weight is 449 g/mol. The number of likely N-dealkylation sites (tertiary alicyclic amines) is 1. The molecule has 7 heteroatoms. The van der Waals surface area contributed by atoms with E-state index in [1.807, 2.05) is 26.0 Å². The summed E-state index contributed by atoms with van der Waals surface area (Å²) >= 11 is 3.48. The van der Waals surface area contributed by atoms with Crippen molar-refractivity contribution in [2.75, 3.05) is 13.1 Å². The third-order valence-electron chi connectivity index (χ3n) is 5.56. The second-order valence-electron chi connectivity index (χ2n) is 7.72. The van der Waals surface area contributed by atoms with Gasteiger partial charge in [-0.15, -0.1) is 0 Å². The van der Waals surface area contributed by atoms with Gasteiger partial charge in [0.1, 0.15) is 5.76 Å². The number of carbonyl (C=O) groups is 3. The number of amides is 2. The normalized spacial score (nSPS) is 18.9. The van der Waals surface area contributed by atoms with Crippen LogP contribution in [0.3, 0.4) is 0 Å². The van der Waals surface area contributed by atoms with Crippen LogP contribution in [0.4, 0.5) is 0 Å². The number of carbonyl (C=O) groups excluding carboxylic acids is 3. The lowest BCUT2D eigenvalue weighted by Crippen LogP contribution is -2.58. The summed E-state index contributed by atoms with van der Waals surface area (Å²) in [6.07, 6.45) is 1.71. The largest absolute Gasteiger partial charge is 0.430 e. The molecule has 1 saturated heterocycles. The van der Waals surface area contributed by atoms with Gasteiger partial charge in [0, 0.05) is 37.8 Å². The molecule has 150 valence electrons. The van der Waals surface area contributed by atoms with Crippen LogP contribution >= 0.6 is 15.9 Å². The van der Waals surface area contributed by atoms with E-state index in [9.17, 15) is 14.4 Å². The fraction of sp³-hybridized carbons (Fsp3) is 0.476. The fourth-order valence-corrected chi connectivity index (χ4v) is 4.93. The van der Waals surface area contributed by atoms with E-state index in [1.54, 1.807) is 11.8 Å². The van der Waals surface area contributed by atoms with E-state index in [4.69, 9.17) is 4.74 Å². The van der Waals surface area contributed by atoms with Crippen LogP contribution in [0.2, 0.25) is 0 Å². The minimum atomic E-state index is -0.492. The molecule has 0 unspecified atom stereocenters. The van der Waals surface area contributed by atoms with Crippen molar-refractivity contribution >= 4 is 39.3 Å². The molecule has 2 aliphatic rings. The van der Waals surface area contributed by atoms with Crippen LogP contribution in [0.1, 0.15) is 49.8 Å². The highest BCUT2D eigenvalue weighted by Gasteiger charge is 2.44. The smallest absolute Gasteiger partial charge is 0.307 e. The Morgan fingerprint density at radius 2 is 1.71 bits per heavy atom. The number of ether oxygens (including phenoxy) is 1. The SMILES string of the molecule is CC(=O)OC1=C(c2c(C)cc(Br)cc2C)C(=O)NC2(CCN(C(C)=O)CC2)C1. The number of hydrogen-bond acceptors (Lipinski definition) is 4. The summed E-state index contributed by atoms with van der Waals surface area (Å²) in [4.78, 5) is 38.4. The Morgan fingerprint density at radius 3 is 2.21 bits per heavy atom. The molecular weight excluding hydrogens is 424 g/mol. The quantitative estimate of drug-likeness (QED) is 0.704. The molecule has 0 radical (unpaired) electrons. The molecule has 2 amide bonds. The Balaban J connectivity index is 2.03. The Kier molecular flexibility index (Phi) is 5.66. The molecule has 0 bridgehead atoms. The Labute approximate surface area is 173 Å². The second-order valence-corrected chi connectivity index (χ2v) is 8.64. The van der Waals surface area contributed by atoms with Crippen LogP contribution in [0, 0.1) is 13.8 Å². The molecule has 0 aromatic heterocycles. The third-order valence-corrected chi connectivity index (χ3v) is 6.02. The van der Waals surface area contributed by atoms with Crippen LogP contribution in [0.15, 0.2) is 22.4 Å². The van der Waals surface area contributed by atoms with E-state index in [-0.39, 0.29) is 11.8 Å². The molecule has 1 fully saturated rings. The molecule has 0 saturated carbocycles. The first kappa shape index (κ1) is 20.6. The van der Waals surface area contributed by atoms with Gasteiger partial charge in [-0.25, -0.2) is 0 Å². The highest BCUT2D eigenvalue weighted by Crippen LogP contribution is 2.39. The first-order chi connectivity index (χ1) is 13.1. The minimum Gasteiger partial charge on any atom is -0.430 e. The number of aryl methyl sites for hydroxylation is 2. The zero-order valence-electron chi connectivity index (χ0n) is 16.6. The number of esters is 1. The lowest BCUT2D eigenvalue weighted by atomic mass is 9.78. The molecule has 3 rings (SSSR count). The predicted octanol–water partition coefficient (Wildman–Crippen LogP) is 3.24. The maximum absolute atomic E-state index is 13.2.